The molecule has 0 bridgehead atoms. The lowest BCUT2D eigenvalue weighted by molar-refractivity contribution is 0.256. The minimum absolute atomic E-state index is 0.189. The van der Waals surface area contributed by atoms with Crippen molar-refractivity contribution in [3.05, 3.63) is 54.1 Å². The molecule has 0 saturated heterocycles. The van der Waals surface area contributed by atoms with Crippen LogP contribution in [0.25, 0.3) is 0 Å². The summed E-state index contributed by atoms with van der Waals surface area (Å²) in [6, 6.07) is 14.3. The standard InChI is InChI=1S/C17H19N3O3S/c1-24(22,23)19-15-10-8-14(9-11-15)18-17(21)20-12-4-6-13-5-2-3-7-16(13)20/h2-3,5,7-11,19H,4,6,12H2,1H3,(H,18,21). The van der Waals surface area contributed by atoms with Crippen molar-refractivity contribution in [3.8, 4) is 0 Å². The molecular formula is C17H19N3O3S. The van der Waals surface area contributed by atoms with Crippen molar-refractivity contribution in [2.75, 3.05) is 27.7 Å². The normalized spacial score (nSPS) is 14.0. The highest BCUT2D eigenvalue weighted by atomic mass is 32.2. The van der Waals surface area contributed by atoms with E-state index in [0.29, 0.717) is 17.9 Å². The SMILES string of the molecule is CS(=O)(=O)Nc1ccc(NC(=O)N2CCCc3ccccc32)cc1. The molecule has 2 aromatic carbocycles. The molecule has 0 unspecified atom stereocenters. The molecule has 0 aliphatic carbocycles. The third kappa shape index (κ3) is 3.86. The Hall–Kier alpha value is -2.54. The third-order valence-electron chi connectivity index (χ3n) is 3.79. The molecule has 7 heteroatoms. The Morgan fingerprint density at radius 3 is 2.42 bits per heavy atom. The molecule has 2 amide bonds. The molecule has 0 spiro atoms. The number of amides is 2. The minimum atomic E-state index is -3.31. The molecule has 2 N–H and O–H groups in total. The number of aryl methyl sites for hydroxylation is 1. The molecule has 0 atom stereocenters. The van der Waals surface area contributed by atoms with Gasteiger partial charge in [0.25, 0.3) is 0 Å². The van der Waals surface area contributed by atoms with Gasteiger partial charge in [-0.2, -0.15) is 0 Å². The van der Waals surface area contributed by atoms with Gasteiger partial charge >= 0.3 is 6.03 Å². The van der Waals surface area contributed by atoms with Crippen molar-refractivity contribution < 1.29 is 13.2 Å². The molecule has 126 valence electrons. The lowest BCUT2D eigenvalue weighted by Crippen LogP contribution is -2.38. The number of para-hydroxylation sites is 1. The molecule has 1 heterocycles. The van der Waals surface area contributed by atoms with Crippen LogP contribution in [0.3, 0.4) is 0 Å². The van der Waals surface area contributed by atoms with Crippen LogP contribution in [-0.4, -0.2) is 27.2 Å². The van der Waals surface area contributed by atoms with Crippen LogP contribution in [0.1, 0.15) is 12.0 Å². The predicted octanol–water partition coefficient (Wildman–Crippen LogP) is 3.04. The van der Waals surface area contributed by atoms with E-state index in [2.05, 4.69) is 10.0 Å². The van der Waals surface area contributed by atoms with E-state index in [-0.39, 0.29) is 6.03 Å². The number of hydrogen-bond acceptors (Lipinski definition) is 3. The monoisotopic (exact) mass is 345 g/mol. The van der Waals surface area contributed by atoms with Crippen molar-refractivity contribution in [1.29, 1.82) is 0 Å². The molecule has 6 nitrogen and oxygen atoms in total. The summed E-state index contributed by atoms with van der Waals surface area (Å²) in [5.41, 5.74) is 3.18. The highest BCUT2D eigenvalue weighted by molar-refractivity contribution is 7.92. The van der Waals surface area contributed by atoms with Gasteiger partial charge in [0.2, 0.25) is 10.0 Å². The summed E-state index contributed by atoms with van der Waals surface area (Å²) in [5.74, 6) is 0. The van der Waals surface area contributed by atoms with Gasteiger partial charge in [-0.05, 0) is 48.7 Å². The highest BCUT2D eigenvalue weighted by Gasteiger charge is 2.22. The van der Waals surface area contributed by atoms with Gasteiger partial charge in [0.15, 0.2) is 0 Å². The Labute approximate surface area is 141 Å². The van der Waals surface area contributed by atoms with Crippen LogP contribution in [-0.2, 0) is 16.4 Å². The summed E-state index contributed by atoms with van der Waals surface area (Å²) in [6.07, 6.45) is 3.00. The first kappa shape index (κ1) is 16.3. The van der Waals surface area contributed by atoms with Gasteiger partial charge in [0, 0.05) is 23.6 Å². The van der Waals surface area contributed by atoms with E-state index < -0.39 is 10.0 Å². The maximum absolute atomic E-state index is 12.5. The molecular weight excluding hydrogens is 326 g/mol. The highest BCUT2D eigenvalue weighted by Crippen LogP contribution is 2.27. The zero-order chi connectivity index (χ0) is 17.2. The van der Waals surface area contributed by atoms with Crippen molar-refractivity contribution in [1.82, 2.24) is 0 Å². The van der Waals surface area contributed by atoms with E-state index in [9.17, 15) is 13.2 Å². The first-order valence-corrected chi connectivity index (χ1v) is 9.56. The molecule has 2 aromatic rings. The number of urea groups is 1. The van der Waals surface area contributed by atoms with Crippen LogP contribution < -0.4 is 14.9 Å². The Balaban J connectivity index is 1.72. The van der Waals surface area contributed by atoms with Gasteiger partial charge in [-0.1, -0.05) is 18.2 Å². The fourth-order valence-electron chi connectivity index (χ4n) is 2.77. The Morgan fingerprint density at radius 1 is 1.04 bits per heavy atom. The summed E-state index contributed by atoms with van der Waals surface area (Å²) >= 11 is 0. The number of nitrogens with one attached hydrogen (secondary N) is 2. The Kier molecular flexibility index (Phi) is 4.44. The number of benzene rings is 2. The molecule has 1 aliphatic rings. The Morgan fingerprint density at radius 2 is 1.71 bits per heavy atom. The van der Waals surface area contributed by atoms with E-state index >= 15 is 0 Å². The maximum atomic E-state index is 12.5. The molecule has 0 saturated carbocycles. The number of hydrogen-bond donors (Lipinski definition) is 2. The minimum Gasteiger partial charge on any atom is -0.308 e. The smallest absolute Gasteiger partial charge is 0.308 e. The van der Waals surface area contributed by atoms with E-state index in [1.807, 2.05) is 24.3 Å². The van der Waals surface area contributed by atoms with Gasteiger partial charge in [0.1, 0.15) is 0 Å². The van der Waals surface area contributed by atoms with Gasteiger partial charge in [-0.3, -0.25) is 9.62 Å². The second-order valence-corrected chi connectivity index (χ2v) is 7.51. The van der Waals surface area contributed by atoms with Crippen LogP contribution in [0.2, 0.25) is 0 Å². The van der Waals surface area contributed by atoms with Crippen LogP contribution in [0.5, 0.6) is 0 Å². The lowest BCUT2D eigenvalue weighted by Gasteiger charge is -2.29. The van der Waals surface area contributed by atoms with Crippen LogP contribution in [0.4, 0.5) is 21.9 Å². The number of carbonyl (C=O) groups excluding carboxylic acids is 1. The number of carbonyl (C=O) groups is 1. The summed E-state index contributed by atoms with van der Waals surface area (Å²) in [4.78, 5) is 14.3. The summed E-state index contributed by atoms with van der Waals surface area (Å²) in [5, 5.41) is 2.85. The predicted molar refractivity (Wildman–Crippen MR) is 96.0 cm³/mol. The van der Waals surface area contributed by atoms with Crippen molar-refractivity contribution >= 4 is 33.1 Å². The zero-order valence-corrected chi connectivity index (χ0v) is 14.1. The average Bonchev–Trinajstić information content (AvgIpc) is 2.55. The third-order valence-corrected chi connectivity index (χ3v) is 4.40. The molecule has 0 radical (unpaired) electrons. The largest absolute Gasteiger partial charge is 0.326 e. The zero-order valence-electron chi connectivity index (χ0n) is 13.3. The summed E-state index contributed by atoms with van der Waals surface area (Å²) in [6.45, 7) is 0.677. The van der Waals surface area contributed by atoms with Crippen LogP contribution in [0.15, 0.2) is 48.5 Å². The first-order valence-electron chi connectivity index (χ1n) is 7.67. The van der Waals surface area contributed by atoms with Gasteiger partial charge in [-0.15, -0.1) is 0 Å². The second-order valence-electron chi connectivity index (χ2n) is 5.77. The van der Waals surface area contributed by atoms with Crippen LogP contribution in [0, 0.1) is 0 Å². The van der Waals surface area contributed by atoms with Gasteiger partial charge < -0.3 is 5.32 Å². The van der Waals surface area contributed by atoms with Gasteiger partial charge in [-0.25, -0.2) is 13.2 Å². The topological polar surface area (TPSA) is 78.5 Å². The van der Waals surface area contributed by atoms with E-state index in [1.54, 1.807) is 29.2 Å². The molecule has 3 rings (SSSR count). The van der Waals surface area contributed by atoms with E-state index in [0.717, 1.165) is 24.8 Å². The molecule has 1 aliphatic heterocycles. The number of nitrogens with zero attached hydrogens (tertiary/aromatic N) is 1. The van der Waals surface area contributed by atoms with Crippen molar-refractivity contribution in [2.24, 2.45) is 0 Å². The summed E-state index contributed by atoms with van der Waals surface area (Å²) < 4.78 is 24.8. The number of rotatable bonds is 3. The van der Waals surface area contributed by atoms with Gasteiger partial charge in [0.05, 0.1) is 6.26 Å². The lowest BCUT2D eigenvalue weighted by atomic mass is 10.0. The first-order chi connectivity index (χ1) is 11.4. The maximum Gasteiger partial charge on any atom is 0.326 e. The molecule has 24 heavy (non-hydrogen) atoms. The molecule has 0 aromatic heterocycles. The number of fused-ring (bicyclic) bond motifs is 1. The number of anilines is 3. The van der Waals surface area contributed by atoms with Crippen molar-refractivity contribution in [2.45, 2.75) is 12.8 Å². The molecule has 0 fully saturated rings. The second kappa shape index (κ2) is 6.52. The average molecular weight is 345 g/mol. The van der Waals surface area contributed by atoms with Crippen molar-refractivity contribution in [3.63, 3.8) is 0 Å². The van der Waals surface area contributed by atoms with E-state index in [4.69, 9.17) is 0 Å². The fraction of sp³-hybridized carbons (Fsp3) is 0.235. The quantitative estimate of drug-likeness (QED) is 0.897. The fourth-order valence-corrected chi connectivity index (χ4v) is 3.34. The van der Waals surface area contributed by atoms with E-state index in [1.165, 1.54) is 5.56 Å². The Bertz CT molecular complexity index is 848. The number of sulfonamides is 1. The van der Waals surface area contributed by atoms with Crippen LogP contribution >= 0.6 is 0 Å². The summed E-state index contributed by atoms with van der Waals surface area (Å²) in [7, 11) is -3.31.